The number of aromatic nitrogens is 4. The van der Waals surface area contributed by atoms with Crippen LogP contribution >= 0.6 is 0 Å². The number of carboxylic acids is 1. The molecule has 1 aromatic carbocycles. The van der Waals surface area contributed by atoms with Crippen LogP contribution in [0.2, 0.25) is 0 Å². The summed E-state index contributed by atoms with van der Waals surface area (Å²) in [5, 5.41) is 21.7. The van der Waals surface area contributed by atoms with Gasteiger partial charge in [0.2, 0.25) is 0 Å². The molecule has 7 nitrogen and oxygen atoms in total. The van der Waals surface area contributed by atoms with Crippen LogP contribution in [0.15, 0.2) is 34.9 Å². The fourth-order valence-corrected chi connectivity index (χ4v) is 2.10. The zero-order valence-electron chi connectivity index (χ0n) is 11.6. The molecule has 0 fully saturated rings. The summed E-state index contributed by atoms with van der Waals surface area (Å²) >= 11 is 0. The number of rotatable bonds is 4. The van der Waals surface area contributed by atoms with Crippen molar-refractivity contribution in [1.29, 1.82) is 0 Å². The predicted octanol–water partition coefficient (Wildman–Crippen LogP) is 2.20. The second-order valence-corrected chi connectivity index (χ2v) is 5.49. The highest BCUT2D eigenvalue weighted by atomic mass is 16.4. The Balaban J connectivity index is 2.05. The number of tetrazole rings is 1. The summed E-state index contributed by atoms with van der Waals surface area (Å²) < 4.78 is 6.97. The number of hydrogen-bond acceptors (Lipinski definition) is 5. The standard InChI is InChI=1S/C14H14N4O3/c1-14(2,13(19)20)8-18-12(15-16-17-18)10-7-21-11-6-4-3-5-9(10)11/h3-7H,8H2,1-2H3,(H,19,20). The first-order chi connectivity index (χ1) is 9.99. The minimum Gasteiger partial charge on any atom is -0.481 e. The number of benzene rings is 1. The molecule has 1 N–H and O–H groups in total. The Hall–Kier alpha value is -2.70. The van der Waals surface area contributed by atoms with E-state index in [2.05, 4.69) is 15.5 Å². The molecule has 0 radical (unpaired) electrons. The molecule has 0 aliphatic rings. The van der Waals surface area contributed by atoms with Gasteiger partial charge in [0.15, 0.2) is 5.82 Å². The normalized spacial score (nSPS) is 11.9. The van der Waals surface area contributed by atoms with Crippen molar-refractivity contribution >= 4 is 16.9 Å². The SMILES string of the molecule is CC(C)(Cn1nnnc1-c1coc2ccccc12)C(=O)O. The number of aliphatic carboxylic acids is 1. The van der Waals surface area contributed by atoms with Crippen LogP contribution < -0.4 is 0 Å². The van der Waals surface area contributed by atoms with E-state index in [1.807, 2.05) is 24.3 Å². The van der Waals surface area contributed by atoms with Gasteiger partial charge in [0, 0.05) is 5.39 Å². The van der Waals surface area contributed by atoms with E-state index in [9.17, 15) is 9.90 Å². The Morgan fingerprint density at radius 1 is 1.38 bits per heavy atom. The molecule has 3 aromatic rings. The lowest BCUT2D eigenvalue weighted by molar-refractivity contribution is -0.147. The number of carboxylic acid groups (broad SMARTS) is 1. The number of nitrogens with zero attached hydrogens (tertiary/aromatic N) is 4. The lowest BCUT2D eigenvalue weighted by Gasteiger charge is -2.18. The lowest BCUT2D eigenvalue weighted by Crippen LogP contribution is -2.30. The van der Waals surface area contributed by atoms with Crippen LogP contribution in [0.3, 0.4) is 0 Å². The van der Waals surface area contributed by atoms with E-state index < -0.39 is 11.4 Å². The molecule has 0 atom stereocenters. The quantitative estimate of drug-likeness (QED) is 0.790. The van der Waals surface area contributed by atoms with Crippen LogP contribution in [0.5, 0.6) is 0 Å². The predicted molar refractivity (Wildman–Crippen MR) is 74.4 cm³/mol. The van der Waals surface area contributed by atoms with E-state index in [1.165, 1.54) is 4.68 Å². The molecule has 0 bridgehead atoms. The first kappa shape index (κ1) is 13.3. The maximum atomic E-state index is 11.3. The van der Waals surface area contributed by atoms with Crippen LogP contribution in [-0.2, 0) is 11.3 Å². The molecule has 0 aliphatic carbocycles. The summed E-state index contributed by atoms with van der Waals surface area (Å²) in [6, 6.07) is 7.55. The molecule has 0 amide bonds. The van der Waals surface area contributed by atoms with Gasteiger partial charge in [0.1, 0.15) is 11.8 Å². The van der Waals surface area contributed by atoms with Crippen molar-refractivity contribution in [2.24, 2.45) is 5.41 Å². The van der Waals surface area contributed by atoms with Gasteiger partial charge < -0.3 is 9.52 Å². The summed E-state index contributed by atoms with van der Waals surface area (Å²) in [4.78, 5) is 11.3. The van der Waals surface area contributed by atoms with Crippen LogP contribution in [0.25, 0.3) is 22.4 Å². The second-order valence-electron chi connectivity index (χ2n) is 5.49. The summed E-state index contributed by atoms with van der Waals surface area (Å²) in [6.07, 6.45) is 1.58. The van der Waals surface area contributed by atoms with Crippen LogP contribution in [-0.4, -0.2) is 31.3 Å². The van der Waals surface area contributed by atoms with Gasteiger partial charge >= 0.3 is 5.97 Å². The first-order valence-corrected chi connectivity index (χ1v) is 6.45. The maximum Gasteiger partial charge on any atom is 0.310 e. The first-order valence-electron chi connectivity index (χ1n) is 6.45. The van der Waals surface area contributed by atoms with Gasteiger partial charge in [-0.05, 0) is 30.3 Å². The van der Waals surface area contributed by atoms with Crippen molar-refractivity contribution < 1.29 is 14.3 Å². The zero-order valence-corrected chi connectivity index (χ0v) is 11.6. The molecule has 0 spiro atoms. The minimum atomic E-state index is -0.969. The zero-order chi connectivity index (χ0) is 15.0. The largest absolute Gasteiger partial charge is 0.481 e. The summed E-state index contributed by atoms with van der Waals surface area (Å²) in [5.74, 6) is -0.407. The minimum absolute atomic E-state index is 0.171. The maximum absolute atomic E-state index is 11.3. The topological polar surface area (TPSA) is 94.0 Å². The third-order valence-corrected chi connectivity index (χ3v) is 3.38. The second kappa shape index (κ2) is 4.69. The van der Waals surface area contributed by atoms with Crippen molar-refractivity contribution in [1.82, 2.24) is 20.2 Å². The van der Waals surface area contributed by atoms with Gasteiger partial charge in [-0.25, -0.2) is 4.68 Å². The van der Waals surface area contributed by atoms with Gasteiger partial charge in [0.25, 0.3) is 0 Å². The highest BCUT2D eigenvalue weighted by Crippen LogP contribution is 2.30. The summed E-state index contributed by atoms with van der Waals surface area (Å²) in [7, 11) is 0. The van der Waals surface area contributed by atoms with E-state index in [-0.39, 0.29) is 6.54 Å². The van der Waals surface area contributed by atoms with Crippen LogP contribution in [0.4, 0.5) is 0 Å². The number of para-hydroxylation sites is 1. The third-order valence-electron chi connectivity index (χ3n) is 3.38. The Labute approximate surface area is 120 Å². The Kier molecular flexibility index (Phi) is 2.97. The Morgan fingerprint density at radius 2 is 2.14 bits per heavy atom. The smallest absolute Gasteiger partial charge is 0.310 e. The van der Waals surface area contributed by atoms with E-state index in [4.69, 9.17) is 4.42 Å². The Morgan fingerprint density at radius 3 is 2.90 bits per heavy atom. The van der Waals surface area contributed by atoms with Crippen molar-refractivity contribution in [2.45, 2.75) is 20.4 Å². The van der Waals surface area contributed by atoms with E-state index in [0.717, 1.165) is 16.5 Å². The molecule has 108 valence electrons. The molecule has 2 aromatic heterocycles. The summed E-state index contributed by atoms with van der Waals surface area (Å²) in [6.45, 7) is 3.44. The highest BCUT2D eigenvalue weighted by Gasteiger charge is 2.30. The van der Waals surface area contributed by atoms with E-state index in [0.29, 0.717) is 5.82 Å². The number of hydrogen-bond donors (Lipinski definition) is 1. The third kappa shape index (κ3) is 2.26. The fourth-order valence-electron chi connectivity index (χ4n) is 2.10. The van der Waals surface area contributed by atoms with Gasteiger partial charge in [-0.2, -0.15) is 0 Å². The molecular formula is C14H14N4O3. The van der Waals surface area contributed by atoms with Gasteiger partial charge in [-0.3, -0.25) is 4.79 Å². The molecule has 0 saturated carbocycles. The van der Waals surface area contributed by atoms with Gasteiger partial charge in [-0.1, -0.05) is 18.2 Å². The van der Waals surface area contributed by atoms with Crippen LogP contribution in [0, 0.1) is 5.41 Å². The van der Waals surface area contributed by atoms with Crippen molar-refractivity contribution in [2.75, 3.05) is 0 Å². The van der Waals surface area contributed by atoms with Crippen LogP contribution in [0.1, 0.15) is 13.8 Å². The molecular weight excluding hydrogens is 272 g/mol. The average Bonchev–Trinajstić information content (AvgIpc) is 3.04. The molecule has 21 heavy (non-hydrogen) atoms. The van der Waals surface area contributed by atoms with Crippen molar-refractivity contribution in [3.05, 3.63) is 30.5 Å². The highest BCUT2D eigenvalue weighted by molar-refractivity contribution is 5.91. The molecule has 0 unspecified atom stereocenters. The number of fused-ring (bicyclic) bond motifs is 1. The fraction of sp³-hybridized carbons (Fsp3) is 0.286. The van der Waals surface area contributed by atoms with E-state index in [1.54, 1.807) is 20.1 Å². The van der Waals surface area contributed by atoms with Gasteiger partial charge in [-0.15, -0.1) is 5.10 Å². The molecule has 0 aliphatic heterocycles. The van der Waals surface area contributed by atoms with Gasteiger partial charge in [0.05, 0.1) is 17.5 Å². The molecule has 3 rings (SSSR count). The molecule has 2 heterocycles. The monoisotopic (exact) mass is 286 g/mol. The lowest BCUT2D eigenvalue weighted by atomic mass is 9.94. The molecule has 7 heteroatoms. The summed E-state index contributed by atoms with van der Waals surface area (Å²) in [5.41, 5.74) is 0.514. The molecule has 0 saturated heterocycles. The number of furan rings is 1. The van der Waals surface area contributed by atoms with E-state index >= 15 is 0 Å². The Bertz CT molecular complexity index is 803. The number of carbonyl (C=O) groups is 1. The van der Waals surface area contributed by atoms with Crippen molar-refractivity contribution in [3.8, 4) is 11.4 Å². The van der Waals surface area contributed by atoms with Crippen molar-refractivity contribution in [3.63, 3.8) is 0 Å². The average molecular weight is 286 g/mol.